The summed E-state index contributed by atoms with van der Waals surface area (Å²) in [5.41, 5.74) is 0.0788. The first-order chi connectivity index (χ1) is 15.9. The molecule has 3 amide bonds. The van der Waals surface area contributed by atoms with Crippen LogP contribution in [-0.2, 0) is 14.3 Å². The predicted octanol–water partition coefficient (Wildman–Crippen LogP) is 2.49. The normalized spacial score (nSPS) is 25.8. The average molecular weight is 484 g/mol. The highest BCUT2D eigenvalue weighted by molar-refractivity contribution is 5.90. The van der Waals surface area contributed by atoms with Gasteiger partial charge in [-0.15, -0.1) is 0 Å². The topological polar surface area (TPSA) is 100 Å². The number of halogens is 3. The number of amides is 3. The maximum absolute atomic E-state index is 14.9. The number of alkyl carbamates (subject to hydrolysis) is 1. The number of rotatable bonds is 6. The summed E-state index contributed by atoms with van der Waals surface area (Å²) < 4.78 is 49.8. The molecule has 2 aliphatic heterocycles. The van der Waals surface area contributed by atoms with Gasteiger partial charge in [0, 0.05) is 31.0 Å². The lowest BCUT2D eigenvalue weighted by Crippen LogP contribution is -2.38. The summed E-state index contributed by atoms with van der Waals surface area (Å²) in [7, 11) is 0. The van der Waals surface area contributed by atoms with Crippen molar-refractivity contribution in [3.05, 3.63) is 24.0 Å². The van der Waals surface area contributed by atoms with E-state index in [1.807, 2.05) is 10.2 Å². The van der Waals surface area contributed by atoms with Crippen molar-refractivity contribution in [1.29, 1.82) is 0 Å². The molecule has 3 fully saturated rings. The van der Waals surface area contributed by atoms with Crippen LogP contribution in [0.25, 0.3) is 0 Å². The van der Waals surface area contributed by atoms with E-state index in [4.69, 9.17) is 9.47 Å². The zero-order valence-electron chi connectivity index (χ0n) is 19.0. The number of alkyl halides is 2. The molecule has 12 heteroatoms. The molecule has 1 saturated carbocycles. The second-order valence-corrected chi connectivity index (χ2v) is 9.70. The number of anilines is 2. The van der Waals surface area contributed by atoms with Crippen molar-refractivity contribution in [2.45, 2.75) is 44.9 Å². The molecular formula is C22H27F3N4O5. The van der Waals surface area contributed by atoms with Crippen molar-refractivity contribution in [1.82, 2.24) is 10.6 Å². The minimum Gasteiger partial charge on any atom is -0.444 e. The number of hydrogen-bond acceptors (Lipinski definition) is 6. The monoisotopic (exact) mass is 484 g/mol. The van der Waals surface area contributed by atoms with Crippen molar-refractivity contribution >= 4 is 29.5 Å². The van der Waals surface area contributed by atoms with E-state index in [1.54, 1.807) is 32.9 Å². The molecule has 34 heavy (non-hydrogen) atoms. The van der Waals surface area contributed by atoms with Crippen molar-refractivity contribution in [2.24, 2.45) is 11.8 Å². The number of cyclic esters (lactones) is 1. The van der Waals surface area contributed by atoms with Crippen molar-refractivity contribution < 1.29 is 37.0 Å². The SMILES string of the molecule is CC(C)(C)OC(=O)NC1C2CN(c3ccc(N4C[C@H](CNC(=O)C(F)F)OC4=O)cc3F)CC21. The molecule has 0 bridgehead atoms. The van der Waals surface area contributed by atoms with Gasteiger partial charge in [-0.05, 0) is 39.0 Å². The predicted molar refractivity (Wildman–Crippen MR) is 115 cm³/mol. The number of piperidine rings is 1. The Balaban J connectivity index is 1.30. The minimum absolute atomic E-state index is 0.00693. The van der Waals surface area contributed by atoms with Crippen LogP contribution in [0.1, 0.15) is 20.8 Å². The molecule has 2 saturated heterocycles. The van der Waals surface area contributed by atoms with Gasteiger partial charge in [0.15, 0.2) is 0 Å². The van der Waals surface area contributed by atoms with Crippen LogP contribution in [0.15, 0.2) is 18.2 Å². The molecule has 4 rings (SSSR count). The molecule has 2 heterocycles. The van der Waals surface area contributed by atoms with Crippen molar-refractivity contribution in [3.8, 4) is 0 Å². The Kier molecular flexibility index (Phi) is 6.26. The van der Waals surface area contributed by atoms with Gasteiger partial charge < -0.3 is 25.0 Å². The van der Waals surface area contributed by atoms with Crippen LogP contribution in [-0.4, -0.2) is 68.4 Å². The van der Waals surface area contributed by atoms with Crippen LogP contribution in [0.2, 0.25) is 0 Å². The van der Waals surface area contributed by atoms with Crippen LogP contribution >= 0.6 is 0 Å². The maximum atomic E-state index is 14.9. The van der Waals surface area contributed by atoms with Gasteiger partial charge in [0.25, 0.3) is 5.91 Å². The van der Waals surface area contributed by atoms with Crippen LogP contribution in [0.3, 0.4) is 0 Å². The molecule has 0 aromatic heterocycles. The third kappa shape index (κ3) is 5.15. The summed E-state index contributed by atoms with van der Waals surface area (Å²) in [6.45, 7) is 6.28. The number of hydrogen-bond donors (Lipinski definition) is 2. The number of benzene rings is 1. The summed E-state index contributed by atoms with van der Waals surface area (Å²) in [5.74, 6) is -1.54. The molecule has 2 unspecified atom stereocenters. The molecule has 2 N–H and O–H groups in total. The Morgan fingerprint density at radius 1 is 1.21 bits per heavy atom. The first-order valence-electron chi connectivity index (χ1n) is 11.0. The van der Waals surface area contributed by atoms with E-state index < -0.39 is 42.0 Å². The molecule has 3 aliphatic rings. The van der Waals surface area contributed by atoms with Crippen LogP contribution in [0.5, 0.6) is 0 Å². The summed E-state index contributed by atoms with van der Waals surface area (Å²) in [6.07, 6.45) is -5.19. The number of ether oxygens (including phenoxy) is 2. The van der Waals surface area contributed by atoms with Crippen LogP contribution in [0, 0.1) is 17.7 Å². The third-order valence-electron chi connectivity index (χ3n) is 6.04. The second-order valence-electron chi connectivity index (χ2n) is 9.70. The minimum atomic E-state index is -3.16. The number of carbonyl (C=O) groups is 3. The fraction of sp³-hybridized carbons (Fsp3) is 0.591. The van der Waals surface area contributed by atoms with Crippen molar-refractivity contribution in [2.75, 3.05) is 36.0 Å². The summed E-state index contributed by atoms with van der Waals surface area (Å²) >= 11 is 0. The van der Waals surface area contributed by atoms with E-state index >= 15 is 0 Å². The molecular weight excluding hydrogens is 457 g/mol. The van der Waals surface area contributed by atoms with Gasteiger partial charge in [-0.25, -0.2) is 14.0 Å². The van der Waals surface area contributed by atoms with E-state index in [2.05, 4.69) is 5.32 Å². The van der Waals surface area contributed by atoms with Crippen LogP contribution < -0.4 is 20.4 Å². The molecule has 9 nitrogen and oxygen atoms in total. The zero-order chi connectivity index (χ0) is 24.8. The molecule has 3 atom stereocenters. The molecule has 186 valence electrons. The highest BCUT2D eigenvalue weighted by Crippen LogP contribution is 2.47. The summed E-state index contributed by atoms with van der Waals surface area (Å²) in [5, 5.41) is 4.87. The second kappa shape index (κ2) is 8.88. The Bertz CT molecular complexity index is 974. The van der Waals surface area contributed by atoms with Crippen LogP contribution in [0.4, 0.5) is 34.1 Å². The smallest absolute Gasteiger partial charge is 0.414 e. The third-order valence-corrected chi connectivity index (χ3v) is 6.04. The average Bonchev–Trinajstić information content (AvgIpc) is 3.06. The Morgan fingerprint density at radius 2 is 1.88 bits per heavy atom. The molecule has 1 aromatic carbocycles. The van der Waals surface area contributed by atoms with Gasteiger partial charge in [0.2, 0.25) is 0 Å². The first-order valence-corrected chi connectivity index (χ1v) is 11.0. The van der Waals surface area contributed by atoms with E-state index in [0.29, 0.717) is 18.8 Å². The zero-order valence-corrected chi connectivity index (χ0v) is 19.0. The molecule has 0 radical (unpaired) electrons. The number of fused-ring (bicyclic) bond motifs is 1. The van der Waals surface area contributed by atoms with E-state index in [0.717, 1.165) is 0 Å². The van der Waals surface area contributed by atoms with Crippen molar-refractivity contribution in [3.63, 3.8) is 0 Å². The highest BCUT2D eigenvalue weighted by Gasteiger charge is 2.57. The molecule has 1 aromatic rings. The maximum Gasteiger partial charge on any atom is 0.414 e. The lowest BCUT2D eigenvalue weighted by atomic mass is 10.2. The van der Waals surface area contributed by atoms with E-state index in [9.17, 15) is 27.6 Å². The summed E-state index contributed by atoms with van der Waals surface area (Å²) in [6, 6.07) is 4.39. The lowest BCUT2D eigenvalue weighted by molar-refractivity contribution is -0.132. The van der Waals surface area contributed by atoms with E-state index in [1.165, 1.54) is 11.0 Å². The summed E-state index contributed by atoms with van der Waals surface area (Å²) in [4.78, 5) is 38.2. The number of nitrogens with zero attached hydrogens (tertiary/aromatic N) is 2. The largest absolute Gasteiger partial charge is 0.444 e. The number of carbonyl (C=O) groups excluding carboxylic acids is 3. The van der Waals surface area contributed by atoms with Gasteiger partial charge in [0.1, 0.15) is 17.5 Å². The van der Waals surface area contributed by atoms with E-state index in [-0.39, 0.29) is 36.7 Å². The molecule has 1 aliphatic carbocycles. The quantitative estimate of drug-likeness (QED) is 0.644. The Morgan fingerprint density at radius 3 is 2.47 bits per heavy atom. The van der Waals surface area contributed by atoms with Gasteiger partial charge >= 0.3 is 18.6 Å². The van der Waals surface area contributed by atoms with Gasteiger partial charge in [-0.3, -0.25) is 9.69 Å². The first kappa shape index (κ1) is 24.0. The Labute approximate surface area is 194 Å². The van der Waals surface area contributed by atoms with Gasteiger partial charge in [-0.1, -0.05) is 0 Å². The molecule has 0 spiro atoms. The number of nitrogens with one attached hydrogen (secondary N) is 2. The lowest BCUT2D eigenvalue weighted by Gasteiger charge is -2.25. The fourth-order valence-electron chi connectivity index (χ4n) is 4.43. The van der Waals surface area contributed by atoms with Gasteiger partial charge in [0.05, 0.1) is 24.5 Å². The standard InChI is InChI=1S/C22H27F3N4O5/c1-22(2,3)34-20(31)27-17-13-9-28(10-14(13)17)16-5-4-11(6-15(16)23)29-8-12(33-21(29)32)7-26-19(30)18(24)25/h4-6,12-14,17-18H,7-10H2,1-3H3,(H,26,30)(H,27,31)/t12-,13?,14?,17?/m0/s1. The van der Waals surface area contributed by atoms with Gasteiger partial charge in [-0.2, -0.15) is 8.78 Å². The Hall–Kier alpha value is -3.18. The fourth-order valence-corrected chi connectivity index (χ4v) is 4.43. The highest BCUT2D eigenvalue weighted by atomic mass is 19.3.